The molecule has 1 aliphatic heterocycles. The fourth-order valence-electron chi connectivity index (χ4n) is 3.77. The highest BCUT2D eigenvalue weighted by molar-refractivity contribution is 5.92. The maximum absolute atomic E-state index is 12.6. The Morgan fingerprint density at radius 3 is 2.78 bits per heavy atom. The molecule has 0 bridgehead atoms. The van der Waals surface area contributed by atoms with Crippen LogP contribution < -0.4 is 0 Å². The van der Waals surface area contributed by atoms with E-state index in [2.05, 4.69) is 17.9 Å². The molecular weight excluding hydrogens is 338 g/mol. The quantitative estimate of drug-likeness (QED) is 0.796. The molecule has 1 fully saturated rings. The summed E-state index contributed by atoms with van der Waals surface area (Å²) in [5.74, 6) is 0.611. The van der Waals surface area contributed by atoms with Gasteiger partial charge in [-0.15, -0.1) is 0 Å². The molecule has 144 valence electrons. The zero-order chi connectivity index (χ0) is 19.6. The molecular formula is C22H29N3O2. The van der Waals surface area contributed by atoms with E-state index >= 15 is 0 Å². The number of para-hydroxylation sites is 1. The molecule has 3 rings (SSSR count). The van der Waals surface area contributed by atoms with Gasteiger partial charge in [-0.25, -0.2) is 4.79 Å². The normalized spacial score (nSPS) is 21.1. The zero-order valence-corrected chi connectivity index (χ0v) is 16.7. The average Bonchev–Trinajstić information content (AvgIpc) is 2.98. The molecule has 2 heterocycles. The maximum Gasteiger partial charge on any atom is 0.419 e. The first kappa shape index (κ1) is 19.4. The summed E-state index contributed by atoms with van der Waals surface area (Å²) in [4.78, 5) is 14.9. The summed E-state index contributed by atoms with van der Waals surface area (Å²) < 4.78 is 7.16. The van der Waals surface area contributed by atoms with Gasteiger partial charge in [0.15, 0.2) is 0 Å². The molecule has 0 N–H and O–H groups in total. The van der Waals surface area contributed by atoms with Crippen LogP contribution in [0.3, 0.4) is 0 Å². The molecule has 1 aromatic heterocycles. The molecule has 1 aliphatic rings. The lowest BCUT2D eigenvalue weighted by Gasteiger charge is -2.34. The van der Waals surface area contributed by atoms with Crippen molar-refractivity contribution in [3.8, 4) is 6.07 Å². The highest BCUT2D eigenvalue weighted by atomic mass is 16.6. The summed E-state index contributed by atoms with van der Waals surface area (Å²) in [5.41, 5.74) is 1.45. The number of benzene rings is 1. The number of fused-ring (bicyclic) bond motifs is 1. The molecule has 0 saturated carbocycles. The van der Waals surface area contributed by atoms with Crippen LogP contribution in [0, 0.1) is 17.2 Å². The highest BCUT2D eigenvalue weighted by Crippen LogP contribution is 2.26. The Morgan fingerprint density at radius 2 is 2.07 bits per heavy atom. The number of hydrogen-bond acceptors (Lipinski definition) is 4. The van der Waals surface area contributed by atoms with Crippen LogP contribution in [0.2, 0.25) is 0 Å². The number of aromatic nitrogens is 1. The molecule has 1 saturated heterocycles. The van der Waals surface area contributed by atoms with Gasteiger partial charge >= 0.3 is 6.09 Å². The Morgan fingerprint density at radius 1 is 1.33 bits per heavy atom. The van der Waals surface area contributed by atoms with Gasteiger partial charge in [0.05, 0.1) is 17.6 Å². The van der Waals surface area contributed by atoms with Crippen molar-refractivity contribution < 1.29 is 9.53 Å². The number of piperidine rings is 1. The fraction of sp³-hybridized carbons (Fsp3) is 0.545. The molecule has 5 heteroatoms. The smallest absolute Gasteiger partial charge is 0.419 e. The van der Waals surface area contributed by atoms with E-state index < -0.39 is 5.60 Å². The topological polar surface area (TPSA) is 58.3 Å². The Hall–Kier alpha value is -2.32. The van der Waals surface area contributed by atoms with E-state index in [9.17, 15) is 10.1 Å². The first-order valence-corrected chi connectivity index (χ1v) is 9.74. The van der Waals surface area contributed by atoms with Crippen LogP contribution in [0.15, 0.2) is 30.5 Å². The molecule has 0 aliphatic carbocycles. The van der Waals surface area contributed by atoms with Crippen LogP contribution in [0.25, 0.3) is 10.9 Å². The number of nitrogens with zero attached hydrogens (tertiary/aromatic N) is 3. The molecule has 0 spiro atoms. The fourth-order valence-corrected chi connectivity index (χ4v) is 3.77. The molecule has 0 amide bonds. The number of ether oxygens (including phenoxy) is 1. The lowest BCUT2D eigenvalue weighted by atomic mass is 9.93. The van der Waals surface area contributed by atoms with Gasteiger partial charge in [-0.2, -0.15) is 5.26 Å². The van der Waals surface area contributed by atoms with Crippen molar-refractivity contribution in [3.63, 3.8) is 0 Å². The minimum atomic E-state index is -0.535. The molecule has 27 heavy (non-hydrogen) atoms. The van der Waals surface area contributed by atoms with Crippen LogP contribution in [0.4, 0.5) is 4.79 Å². The van der Waals surface area contributed by atoms with Crippen LogP contribution >= 0.6 is 0 Å². The van der Waals surface area contributed by atoms with E-state index in [1.807, 2.05) is 51.2 Å². The Balaban J connectivity index is 1.81. The predicted octanol–water partition coefficient (Wildman–Crippen LogP) is 4.59. The summed E-state index contributed by atoms with van der Waals surface area (Å²) in [7, 11) is 0. The lowest BCUT2D eigenvalue weighted by Crippen LogP contribution is -2.42. The lowest BCUT2D eigenvalue weighted by molar-refractivity contribution is 0.0544. The van der Waals surface area contributed by atoms with Crippen molar-refractivity contribution in [3.05, 3.63) is 36.0 Å². The van der Waals surface area contributed by atoms with Crippen molar-refractivity contribution in [2.45, 2.75) is 58.6 Å². The van der Waals surface area contributed by atoms with Crippen molar-refractivity contribution in [1.29, 1.82) is 5.26 Å². The molecule has 1 aromatic carbocycles. The second-order valence-electron chi connectivity index (χ2n) is 8.58. The molecule has 0 radical (unpaired) electrons. The minimum Gasteiger partial charge on any atom is -0.443 e. The third kappa shape index (κ3) is 4.51. The van der Waals surface area contributed by atoms with Gasteiger partial charge in [0.25, 0.3) is 0 Å². The van der Waals surface area contributed by atoms with Gasteiger partial charge in [0.2, 0.25) is 0 Å². The average molecular weight is 367 g/mol. The Bertz CT molecular complexity index is 857. The van der Waals surface area contributed by atoms with Gasteiger partial charge in [0.1, 0.15) is 5.60 Å². The number of likely N-dealkylation sites (tertiary alicyclic amines) is 1. The van der Waals surface area contributed by atoms with Gasteiger partial charge in [-0.05, 0) is 64.1 Å². The standard InChI is InChI=1S/C22H29N3O2/c1-16-9-11-24(18(13-16)14-23)12-10-17-15-25(21(26)27-22(2,3)4)20-8-6-5-7-19(17)20/h5-8,15-16,18H,9-13H2,1-4H3. The monoisotopic (exact) mass is 367 g/mol. The van der Waals surface area contributed by atoms with E-state index in [4.69, 9.17) is 4.74 Å². The Labute approximate surface area is 161 Å². The van der Waals surface area contributed by atoms with Crippen LogP contribution in [-0.2, 0) is 11.2 Å². The van der Waals surface area contributed by atoms with Crippen molar-refractivity contribution in [1.82, 2.24) is 9.47 Å². The van der Waals surface area contributed by atoms with Gasteiger partial charge in [0, 0.05) is 18.1 Å². The maximum atomic E-state index is 12.6. The third-order valence-electron chi connectivity index (χ3n) is 5.18. The van der Waals surface area contributed by atoms with Crippen molar-refractivity contribution in [2.24, 2.45) is 5.92 Å². The number of carbonyl (C=O) groups excluding carboxylic acids is 1. The summed E-state index contributed by atoms with van der Waals surface area (Å²) >= 11 is 0. The summed E-state index contributed by atoms with van der Waals surface area (Å²) in [6, 6.07) is 10.4. The van der Waals surface area contributed by atoms with Gasteiger partial charge in [-0.1, -0.05) is 25.1 Å². The van der Waals surface area contributed by atoms with Crippen molar-refractivity contribution >= 4 is 17.0 Å². The first-order valence-electron chi connectivity index (χ1n) is 9.74. The van der Waals surface area contributed by atoms with E-state index in [1.165, 1.54) is 0 Å². The molecule has 2 unspecified atom stereocenters. The largest absolute Gasteiger partial charge is 0.443 e. The van der Waals surface area contributed by atoms with E-state index in [0.717, 1.165) is 48.8 Å². The third-order valence-corrected chi connectivity index (χ3v) is 5.18. The number of carbonyl (C=O) groups is 1. The van der Waals surface area contributed by atoms with Crippen LogP contribution in [-0.4, -0.2) is 40.3 Å². The second-order valence-corrected chi connectivity index (χ2v) is 8.58. The number of rotatable bonds is 3. The SMILES string of the molecule is CC1CCN(CCc2cn(C(=O)OC(C)(C)C)c3ccccc23)C(C#N)C1. The van der Waals surface area contributed by atoms with E-state index in [0.29, 0.717) is 5.92 Å². The van der Waals surface area contributed by atoms with Gasteiger partial charge < -0.3 is 4.74 Å². The summed E-state index contributed by atoms with van der Waals surface area (Å²) in [6.07, 6.45) is 4.43. The molecule has 2 atom stereocenters. The van der Waals surface area contributed by atoms with Gasteiger partial charge in [-0.3, -0.25) is 9.47 Å². The van der Waals surface area contributed by atoms with E-state index in [1.54, 1.807) is 4.57 Å². The summed E-state index contributed by atoms with van der Waals surface area (Å²) in [6.45, 7) is 9.62. The van der Waals surface area contributed by atoms with E-state index in [-0.39, 0.29) is 12.1 Å². The van der Waals surface area contributed by atoms with Crippen LogP contribution in [0.5, 0.6) is 0 Å². The molecule has 2 aromatic rings. The number of hydrogen-bond donors (Lipinski definition) is 0. The Kier molecular flexibility index (Phi) is 5.57. The highest BCUT2D eigenvalue weighted by Gasteiger charge is 2.26. The molecule has 5 nitrogen and oxygen atoms in total. The first-order chi connectivity index (χ1) is 12.8. The predicted molar refractivity (Wildman–Crippen MR) is 107 cm³/mol. The van der Waals surface area contributed by atoms with Crippen LogP contribution in [0.1, 0.15) is 46.1 Å². The summed E-state index contributed by atoms with van der Waals surface area (Å²) in [5, 5.41) is 10.5. The number of nitriles is 1. The van der Waals surface area contributed by atoms with Crippen molar-refractivity contribution in [2.75, 3.05) is 13.1 Å². The zero-order valence-electron chi connectivity index (χ0n) is 16.7. The minimum absolute atomic E-state index is 0.00652. The second kappa shape index (κ2) is 7.74.